The normalized spacial score (nSPS) is 18.1. The molecule has 1 fully saturated rings. The Bertz CT molecular complexity index is 375. The monoisotopic (exact) mass is 267 g/mol. The molecule has 0 bridgehead atoms. The molecule has 3 heteroatoms. The zero-order valence-electron chi connectivity index (χ0n) is 11.0. The highest BCUT2D eigenvalue weighted by Gasteiger charge is 2.34. The molecule has 0 heterocycles. The van der Waals surface area contributed by atoms with Crippen molar-refractivity contribution in [2.75, 3.05) is 13.1 Å². The second-order valence-electron chi connectivity index (χ2n) is 5.09. The van der Waals surface area contributed by atoms with Gasteiger partial charge in [0.2, 0.25) is 0 Å². The lowest BCUT2D eigenvalue weighted by Gasteiger charge is -2.29. The highest BCUT2D eigenvalue weighted by atomic mass is 35.5. The quantitative estimate of drug-likeness (QED) is 0.847. The molecule has 1 aliphatic carbocycles. The SMILES string of the molecule is CCNCC1(OCc2cccc(Cl)c2)CCCC1. The molecule has 0 aromatic heterocycles. The van der Waals surface area contributed by atoms with Crippen LogP contribution in [-0.2, 0) is 11.3 Å². The van der Waals surface area contributed by atoms with Crippen molar-refractivity contribution in [2.24, 2.45) is 0 Å². The highest BCUT2D eigenvalue weighted by Crippen LogP contribution is 2.33. The van der Waals surface area contributed by atoms with E-state index >= 15 is 0 Å². The number of nitrogens with one attached hydrogen (secondary N) is 1. The maximum absolute atomic E-state index is 6.21. The molecule has 1 aromatic carbocycles. The summed E-state index contributed by atoms with van der Waals surface area (Å²) < 4.78 is 6.21. The van der Waals surface area contributed by atoms with Gasteiger partial charge in [0.15, 0.2) is 0 Å². The van der Waals surface area contributed by atoms with E-state index in [0.29, 0.717) is 6.61 Å². The largest absolute Gasteiger partial charge is 0.369 e. The second-order valence-corrected chi connectivity index (χ2v) is 5.53. The van der Waals surface area contributed by atoms with Crippen LogP contribution in [-0.4, -0.2) is 18.7 Å². The van der Waals surface area contributed by atoms with Gasteiger partial charge in [-0.15, -0.1) is 0 Å². The lowest BCUT2D eigenvalue weighted by molar-refractivity contribution is -0.0501. The van der Waals surface area contributed by atoms with E-state index < -0.39 is 0 Å². The van der Waals surface area contributed by atoms with Crippen LogP contribution in [0.4, 0.5) is 0 Å². The summed E-state index contributed by atoms with van der Waals surface area (Å²) in [5.41, 5.74) is 1.20. The lowest BCUT2D eigenvalue weighted by atomic mass is 10.0. The number of hydrogen-bond donors (Lipinski definition) is 1. The molecule has 1 N–H and O–H groups in total. The summed E-state index contributed by atoms with van der Waals surface area (Å²) in [6.45, 7) is 4.76. The van der Waals surface area contributed by atoms with E-state index in [-0.39, 0.29) is 5.60 Å². The Balaban J connectivity index is 1.93. The predicted molar refractivity (Wildman–Crippen MR) is 76.0 cm³/mol. The van der Waals surface area contributed by atoms with Gasteiger partial charge in [0.05, 0.1) is 12.2 Å². The number of likely N-dealkylation sites (N-methyl/N-ethyl adjacent to an activating group) is 1. The van der Waals surface area contributed by atoms with Crippen LogP contribution < -0.4 is 5.32 Å². The van der Waals surface area contributed by atoms with Crippen LogP contribution in [0.3, 0.4) is 0 Å². The first-order valence-electron chi connectivity index (χ1n) is 6.83. The van der Waals surface area contributed by atoms with Crippen LogP contribution in [0, 0.1) is 0 Å². The van der Waals surface area contributed by atoms with E-state index in [2.05, 4.69) is 18.3 Å². The van der Waals surface area contributed by atoms with Crippen LogP contribution in [0.5, 0.6) is 0 Å². The maximum Gasteiger partial charge on any atom is 0.0810 e. The second kappa shape index (κ2) is 6.55. The van der Waals surface area contributed by atoms with Crippen LogP contribution in [0.25, 0.3) is 0 Å². The van der Waals surface area contributed by atoms with Crippen molar-refractivity contribution in [3.05, 3.63) is 34.9 Å². The van der Waals surface area contributed by atoms with Crippen molar-refractivity contribution in [3.63, 3.8) is 0 Å². The van der Waals surface area contributed by atoms with Gasteiger partial charge in [-0.2, -0.15) is 0 Å². The molecular weight excluding hydrogens is 246 g/mol. The van der Waals surface area contributed by atoms with Crippen molar-refractivity contribution >= 4 is 11.6 Å². The van der Waals surface area contributed by atoms with E-state index in [4.69, 9.17) is 16.3 Å². The van der Waals surface area contributed by atoms with Gasteiger partial charge in [-0.25, -0.2) is 0 Å². The van der Waals surface area contributed by atoms with E-state index in [0.717, 1.165) is 23.7 Å². The molecule has 0 unspecified atom stereocenters. The van der Waals surface area contributed by atoms with Crippen LogP contribution in [0.1, 0.15) is 38.2 Å². The van der Waals surface area contributed by atoms with Crippen LogP contribution in [0.2, 0.25) is 5.02 Å². The summed E-state index contributed by atoms with van der Waals surface area (Å²) in [5, 5.41) is 4.21. The first kappa shape index (κ1) is 13.9. The molecule has 1 saturated carbocycles. The summed E-state index contributed by atoms with van der Waals surface area (Å²) in [4.78, 5) is 0. The van der Waals surface area contributed by atoms with E-state index in [9.17, 15) is 0 Å². The summed E-state index contributed by atoms with van der Waals surface area (Å²) >= 11 is 5.99. The fourth-order valence-corrected chi connectivity index (χ4v) is 2.82. The summed E-state index contributed by atoms with van der Waals surface area (Å²) in [6.07, 6.45) is 4.89. The molecule has 1 aromatic rings. The topological polar surface area (TPSA) is 21.3 Å². The molecule has 18 heavy (non-hydrogen) atoms. The highest BCUT2D eigenvalue weighted by molar-refractivity contribution is 6.30. The van der Waals surface area contributed by atoms with Gasteiger partial charge in [0.1, 0.15) is 0 Å². The standard InChI is InChI=1S/C15H22ClNO/c1-2-17-12-15(8-3-4-9-15)18-11-13-6-5-7-14(16)10-13/h5-7,10,17H,2-4,8-9,11-12H2,1H3. The van der Waals surface area contributed by atoms with Crippen molar-refractivity contribution in [1.82, 2.24) is 5.32 Å². The molecular formula is C15H22ClNO. The maximum atomic E-state index is 6.21. The fourth-order valence-electron chi connectivity index (χ4n) is 2.61. The molecule has 0 aliphatic heterocycles. The average Bonchev–Trinajstić information content (AvgIpc) is 2.84. The smallest absolute Gasteiger partial charge is 0.0810 e. The molecule has 2 rings (SSSR count). The first-order valence-corrected chi connectivity index (χ1v) is 7.21. The summed E-state index contributed by atoms with van der Waals surface area (Å²) in [7, 11) is 0. The van der Waals surface area contributed by atoms with Gasteiger partial charge in [-0.3, -0.25) is 0 Å². The van der Waals surface area contributed by atoms with Crippen molar-refractivity contribution in [2.45, 2.75) is 44.8 Å². The van der Waals surface area contributed by atoms with Crippen molar-refractivity contribution in [1.29, 1.82) is 0 Å². The van der Waals surface area contributed by atoms with Crippen molar-refractivity contribution < 1.29 is 4.74 Å². The Kier molecular flexibility index (Phi) is 5.04. The Morgan fingerprint density at radius 2 is 2.11 bits per heavy atom. The third kappa shape index (κ3) is 3.71. The van der Waals surface area contributed by atoms with E-state index in [1.807, 2.05) is 18.2 Å². The Morgan fingerprint density at radius 1 is 1.33 bits per heavy atom. The van der Waals surface area contributed by atoms with Gasteiger partial charge in [-0.1, -0.05) is 43.5 Å². The average molecular weight is 268 g/mol. The molecule has 0 saturated heterocycles. The minimum absolute atomic E-state index is 0.0400. The summed E-state index contributed by atoms with van der Waals surface area (Å²) in [5.74, 6) is 0. The van der Waals surface area contributed by atoms with Gasteiger partial charge in [-0.05, 0) is 37.1 Å². The number of rotatable bonds is 6. The van der Waals surface area contributed by atoms with Gasteiger partial charge in [0, 0.05) is 11.6 Å². The first-order chi connectivity index (χ1) is 8.74. The number of benzene rings is 1. The van der Waals surface area contributed by atoms with Gasteiger partial charge < -0.3 is 10.1 Å². The number of hydrogen-bond acceptors (Lipinski definition) is 2. The minimum atomic E-state index is 0.0400. The Hall–Kier alpha value is -0.570. The third-order valence-electron chi connectivity index (χ3n) is 3.65. The molecule has 0 amide bonds. The van der Waals surface area contributed by atoms with Gasteiger partial charge >= 0.3 is 0 Å². The molecule has 2 nitrogen and oxygen atoms in total. The zero-order valence-corrected chi connectivity index (χ0v) is 11.8. The van der Waals surface area contributed by atoms with Crippen molar-refractivity contribution in [3.8, 4) is 0 Å². The fraction of sp³-hybridized carbons (Fsp3) is 0.600. The van der Waals surface area contributed by atoms with Crippen LogP contribution in [0.15, 0.2) is 24.3 Å². The number of ether oxygens (including phenoxy) is 1. The predicted octanol–water partition coefficient (Wildman–Crippen LogP) is 3.78. The Labute approximate surface area is 115 Å². The zero-order chi connectivity index (χ0) is 12.8. The summed E-state index contributed by atoms with van der Waals surface area (Å²) in [6, 6.07) is 7.93. The van der Waals surface area contributed by atoms with Crippen LogP contribution >= 0.6 is 11.6 Å². The third-order valence-corrected chi connectivity index (χ3v) is 3.88. The molecule has 0 spiro atoms. The molecule has 100 valence electrons. The van der Waals surface area contributed by atoms with Gasteiger partial charge in [0.25, 0.3) is 0 Å². The minimum Gasteiger partial charge on any atom is -0.369 e. The van der Waals surface area contributed by atoms with E-state index in [1.165, 1.54) is 25.7 Å². The van der Waals surface area contributed by atoms with E-state index in [1.54, 1.807) is 0 Å². The molecule has 0 radical (unpaired) electrons. The molecule has 0 atom stereocenters. The number of halogens is 1. The molecule has 1 aliphatic rings. The lowest BCUT2D eigenvalue weighted by Crippen LogP contribution is -2.40. The Morgan fingerprint density at radius 3 is 2.78 bits per heavy atom.